The van der Waals surface area contributed by atoms with Gasteiger partial charge >= 0.3 is 0 Å². The smallest absolute Gasteiger partial charge is 0.237 e. The van der Waals surface area contributed by atoms with E-state index in [1.165, 1.54) is 11.8 Å². The number of nitrogen functional groups attached to an aromatic ring is 1. The predicted molar refractivity (Wildman–Crippen MR) is 84.3 cm³/mol. The van der Waals surface area contributed by atoms with E-state index in [1.807, 2.05) is 11.4 Å². The number of hydrogen-bond donors (Lipinski definition) is 1. The molecular weight excluding hydrogens is 306 g/mol. The molecule has 6 nitrogen and oxygen atoms in total. The molecule has 3 rings (SSSR count). The molecule has 0 saturated heterocycles. The molecule has 3 aromatic rings. The first-order valence-electron chi connectivity index (χ1n) is 6.71. The number of aromatic nitrogens is 4. The van der Waals surface area contributed by atoms with E-state index >= 15 is 0 Å². The Hall–Kier alpha value is -1.67. The summed E-state index contributed by atoms with van der Waals surface area (Å²) in [6.45, 7) is 2.14. The number of aryl methyl sites for hydroxylation is 1. The van der Waals surface area contributed by atoms with Crippen molar-refractivity contribution in [3.63, 3.8) is 0 Å². The van der Waals surface area contributed by atoms with E-state index in [1.54, 1.807) is 11.3 Å². The first-order chi connectivity index (χ1) is 10.3. The number of unbranched alkanes of at least 4 members (excludes halogenated alkanes) is 1. The van der Waals surface area contributed by atoms with Crippen molar-refractivity contribution in [2.45, 2.75) is 37.1 Å². The molecule has 0 unspecified atom stereocenters. The topological polar surface area (TPSA) is 90.7 Å². The van der Waals surface area contributed by atoms with Crippen molar-refractivity contribution in [3.8, 4) is 0 Å². The number of hydrogen-bond acceptors (Lipinski definition) is 8. The fourth-order valence-electron chi connectivity index (χ4n) is 1.83. The van der Waals surface area contributed by atoms with Crippen LogP contribution in [0.4, 0.5) is 5.82 Å². The fraction of sp³-hybridized carbons (Fsp3) is 0.385. The zero-order valence-electron chi connectivity index (χ0n) is 11.6. The fourth-order valence-corrected chi connectivity index (χ4v) is 3.35. The molecule has 0 fully saturated rings. The van der Waals surface area contributed by atoms with Crippen LogP contribution in [0.5, 0.6) is 0 Å². The van der Waals surface area contributed by atoms with Crippen LogP contribution in [0.3, 0.4) is 0 Å². The summed E-state index contributed by atoms with van der Waals surface area (Å²) in [6.07, 6.45) is 3.04. The van der Waals surface area contributed by atoms with Crippen LogP contribution >= 0.6 is 23.1 Å². The number of anilines is 1. The van der Waals surface area contributed by atoms with Gasteiger partial charge < -0.3 is 10.3 Å². The lowest BCUT2D eigenvalue weighted by Crippen LogP contribution is -1.95. The third-order valence-electron chi connectivity index (χ3n) is 2.92. The Morgan fingerprint density at radius 3 is 3.10 bits per heavy atom. The van der Waals surface area contributed by atoms with E-state index in [0.717, 1.165) is 35.3 Å². The lowest BCUT2D eigenvalue weighted by Gasteiger charge is -2.00. The molecule has 0 atom stereocenters. The highest BCUT2D eigenvalue weighted by molar-refractivity contribution is 7.98. The summed E-state index contributed by atoms with van der Waals surface area (Å²) in [5.74, 6) is 2.43. The van der Waals surface area contributed by atoms with Crippen LogP contribution in [0, 0.1) is 0 Å². The van der Waals surface area contributed by atoms with Gasteiger partial charge in [-0.15, -0.1) is 11.3 Å². The molecule has 3 aromatic heterocycles. The Labute approximate surface area is 130 Å². The van der Waals surface area contributed by atoms with Crippen LogP contribution in [-0.4, -0.2) is 20.1 Å². The van der Waals surface area contributed by atoms with Crippen molar-refractivity contribution < 1.29 is 4.52 Å². The van der Waals surface area contributed by atoms with Gasteiger partial charge in [0, 0.05) is 6.42 Å². The Balaban J connectivity index is 1.67. The molecule has 2 N–H and O–H groups in total. The summed E-state index contributed by atoms with van der Waals surface area (Å²) >= 11 is 3.01. The normalized spacial score (nSPS) is 11.3. The number of rotatable bonds is 6. The summed E-state index contributed by atoms with van der Waals surface area (Å²) in [6, 6.07) is 1.93. The van der Waals surface area contributed by atoms with Crippen molar-refractivity contribution >= 4 is 39.1 Å². The molecule has 0 spiro atoms. The minimum absolute atomic E-state index is 0.512. The third kappa shape index (κ3) is 3.33. The minimum atomic E-state index is 0.512. The second kappa shape index (κ2) is 6.40. The molecule has 0 radical (unpaired) electrons. The van der Waals surface area contributed by atoms with Crippen molar-refractivity contribution in [1.29, 1.82) is 0 Å². The maximum atomic E-state index is 5.92. The average molecular weight is 321 g/mol. The second-order valence-corrected chi connectivity index (χ2v) is 6.36. The van der Waals surface area contributed by atoms with Gasteiger partial charge in [-0.1, -0.05) is 30.3 Å². The first kappa shape index (κ1) is 14.3. The molecular formula is C13H15N5OS2. The Kier molecular flexibility index (Phi) is 4.35. The summed E-state index contributed by atoms with van der Waals surface area (Å²) in [5, 5.41) is 7.46. The SMILES string of the molecule is CCCCc1noc(CSc2nc(N)c3ccsc3n2)n1. The highest BCUT2D eigenvalue weighted by atomic mass is 32.2. The van der Waals surface area contributed by atoms with Gasteiger partial charge in [0.2, 0.25) is 5.89 Å². The van der Waals surface area contributed by atoms with Crippen LogP contribution in [0.2, 0.25) is 0 Å². The molecule has 0 aromatic carbocycles. The predicted octanol–water partition coefficient (Wildman–Crippen LogP) is 3.29. The number of fused-ring (bicyclic) bond motifs is 1. The van der Waals surface area contributed by atoms with Crippen molar-refractivity contribution in [1.82, 2.24) is 20.1 Å². The molecule has 0 saturated carbocycles. The summed E-state index contributed by atoms with van der Waals surface area (Å²) < 4.78 is 5.22. The van der Waals surface area contributed by atoms with Gasteiger partial charge in [-0.25, -0.2) is 9.97 Å². The van der Waals surface area contributed by atoms with Gasteiger partial charge in [0.25, 0.3) is 0 Å². The van der Waals surface area contributed by atoms with Gasteiger partial charge in [-0.2, -0.15) is 4.98 Å². The van der Waals surface area contributed by atoms with Gasteiger partial charge in [0.05, 0.1) is 11.1 Å². The number of nitrogens with two attached hydrogens (primary N) is 1. The van der Waals surface area contributed by atoms with Gasteiger partial charge in [0.1, 0.15) is 10.6 Å². The lowest BCUT2D eigenvalue weighted by molar-refractivity contribution is 0.384. The summed E-state index contributed by atoms with van der Waals surface area (Å²) in [5.41, 5.74) is 5.92. The lowest BCUT2D eigenvalue weighted by atomic mass is 10.2. The van der Waals surface area contributed by atoms with E-state index in [4.69, 9.17) is 10.3 Å². The van der Waals surface area contributed by atoms with E-state index in [2.05, 4.69) is 27.0 Å². The van der Waals surface area contributed by atoms with Crippen molar-refractivity contribution in [2.24, 2.45) is 0 Å². The zero-order chi connectivity index (χ0) is 14.7. The molecule has 110 valence electrons. The summed E-state index contributed by atoms with van der Waals surface area (Å²) in [4.78, 5) is 14.0. The van der Waals surface area contributed by atoms with E-state index in [0.29, 0.717) is 22.6 Å². The minimum Gasteiger partial charge on any atom is -0.383 e. The van der Waals surface area contributed by atoms with Crippen LogP contribution in [-0.2, 0) is 12.2 Å². The standard InChI is InChI=1S/C13H15N5OS2/c1-2-3-4-9-15-10(19-18-9)7-21-13-16-11(14)8-5-6-20-12(8)17-13/h5-6H,2-4,7H2,1H3,(H2,14,16,17). The molecule has 0 amide bonds. The molecule has 21 heavy (non-hydrogen) atoms. The molecule has 0 aliphatic rings. The quantitative estimate of drug-likeness (QED) is 0.550. The average Bonchev–Trinajstić information content (AvgIpc) is 3.12. The first-order valence-corrected chi connectivity index (χ1v) is 8.57. The van der Waals surface area contributed by atoms with Crippen LogP contribution in [0.15, 0.2) is 21.1 Å². The molecule has 8 heteroatoms. The highest BCUT2D eigenvalue weighted by Gasteiger charge is 2.10. The van der Waals surface area contributed by atoms with E-state index in [-0.39, 0.29) is 0 Å². The second-order valence-electron chi connectivity index (χ2n) is 4.53. The highest BCUT2D eigenvalue weighted by Crippen LogP contribution is 2.27. The van der Waals surface area contributed by atoms with E-state index < -0.39 is 0 Å². The van der Waals surface area contributed by atoms with Crippen LogP contribution < -0.4 is 5.73 Å². The molecule has 0 aliphatic heterocycles. The molecule has 0 aliphatic carbocycles. The van der Waals surface area contributed by atoms with Gasteiger partial charge in [-0.3, -0.25) is 0 Å². The monoisotopic (exact) mass is 321 g/mol. The third-order valence-corrected chi connectivity index (χ3v) is 4.56. The number of nitrogens with zero attached hydrogens (tertiary/aromatic N) is 4. The Morgan fingerprint density at radius 1 is 1.33 bits per heavy atom. The van der Waals surface area contributed by atoms with Crippen molar-refractivity contribution in [3.05, 3.63) is 23.2 Å². The van der Waals surface area contributed by atoms with E-state index in [9.17, 15) is 0 Å². The number of thiophene rings is 1. The molecule has 0 bridgehead atoms. The van der Waals surface area contributed by atoms with Gasteiger partial charge in [0.15, 0.2) is 11.0 Å². The van der Waals surface area contributed by atoms with Crippen molar-refractivity contribution in [2.75, 3.05) is 5.73 Å². The maximum Gasteiger partial charge on any atom is 0.237 e. The number of thioether (sulfide) groups is 1. The molecule has 3 heterocycles. The van der Waals surface area contributed by atoms with Gasteiger partial charge in [-0.05, 0) is 17.9 Å². The maximum absolute atomic E-state index is 5.92. The Morgan fingerprint density at radius 2 is 2.24 bits per heavy atom. The largest absolute Gasteiger partial charge is 0.383 e. The summed E-state index contributed by atoms with van der Waals surface area (Å²) in [7, 11) is 0. The Bertz CT molecular complexity index is 739. The van der Waals surface area contributed by atoms with Crippen LogP contribution in [0.1, 0.15) is 31.5 Å². The zero-order valence-corrected chi connectivity index (χ0v) is 13.2. The van der Waals surface area contributed by atoms with Crippen LogP contribution in [0.25, 0.3) is 10.2 Å².